The van der Waals surface area contributed by atoms with Crippen LogP contribution in [0.4, 0.5) is 5.69 Å². The molecule has 0 atom stereocenters. The summed E-state index contributed by atoms with van der Waals surface area (Å²) in [5.41, 5.74) is 2.58. The highest BCUT2D eigenvalue weighted by atomic mass is 35.5. The predicted octanol–water partition coefficient (Wildman–Crippen LogP) is 6.00. The third-order valence-electron chi connectivity index (χ3n) is 6.04. The molecule has 1 N–H and O–H groups in total. The third kappa shape index (κ3) is 6.62. The maximum Gasteiger partial charge on any atom is 0.243 e. The monoisotopic (exact) mass is 544 g/mol. The summed E-state index contributed by atoms with van der Waals surface area (Å²) in [6.45, 7) is 1.09. The van der Waals surface area contributed by atoms with E-state index in [1.807, 2.05) is 48.5 Å². The summed E-state index contributed by atoms with van der Waals surface area (Å²) in [5.74, 6) is 1.17. The Hall–Kier alpha value is -2.52. The van der Waals surface area contributed by atoms with E-state index < -0.39 is 10.0 Å². The maximum absolute atomic E-state index is 13.0. The molecule has 190 valence electrons. The van der Waals surface area contributed by atoms with Crippen LogP contribution < -0.4 is 10.1 Å². The first-order valence-electron chi connectivity index (χ1n) is 11.8. The quantitative estimate of drug-likeness (QED) is 0.317. The lowest BCUT2D eigenvalue weighted by Crippen LogP contribution is -2.28. The van der Waals surface area contributed by atoms with Crippen molar-refractivity contribution in [3.05, 3.63) is 82.9 Å². The van der Waals surface area contributed by atoms with Crippen LogP contribution in [-0.4, -0.2) is 38.8 Å². The number of halogens is 1. The van der Waals surface area contributed by atoms with Crippen LogP contribution in [0, 0.1) is 0 Å². The van der Waals surface area contributed by atoms with E-state index in [0.29, 0.717) is 35.8 Å². The van der Waals surface area contributed by atoms with Gasteiger partial charge in [-0.15, -0.1) is 11.8 Å². The molecule has 1 amide bonds. The van der Waals surface area contributed by atoms with Gasteiger partial charge in [0.25, 0.3) is 0 Å². The van der Waals surface area contributed by atoms with E-state index in [2.05, 4.69) is 5.32 Å². The summed E-state index contributed by atoms with van der Waals surface area (Å²) in [5, 5.41) is 3.71. The van der Waals surface area contributed by atoms with Crippen LogP contribution in [-0.2, 0) is 27.0 Å². The molecule has 1 heterocycles. The van der Waals surface area contributed by atoms with E-state index in [4.69, 9.17) is 16.3 Å². The van der Waals surface area contributed by atoms with Gasteiger partial charge in [-0.1, -0.05) is 35.9 Å². The average Bonchev–Trinajstić information content (AvgIpc) is 3.44. The molecule has 3 aromatic carbocycles. The van der Waals surface area contributed by atoms with E-state index in [0.717, 1.165) is 34.7 Å². The number of hydrogen-bond acceptors (Lipinski definition) is 5. The van der Waals surface area contributed by atoms with Crippen LogP contribution in [0.15, 0.2) is 76.5 Å². The molecule has 0 aliphatic carbocycles. The van der Waals surface area contributed by atoms with Gasteiger partial charge >= 0.3 is 0 Å². The number of amides is 1. The standard InChI is InChI=1S/C27H29ClN2O4S2/c1-34-25-14-13-23(36(32,33)30-16-4-5-17-30)18-21(25)10-15-27(31)29-24-6-2-3-7-26(24)35-19-20-8-11-22(28)12-9-20/h2-3,6-9,11-14,18H,4-5,10,15-17,19H2,1H3,(H,29,31). The van der Waals surface area contributed by atoms with Gasteiger partial charge in [-0.3, -0.25) is 4.79 Å². The van der Waals surface area contributed by atoms with E-state index in [9.17, 15) is 13.2 Å². The van der Waals surface area contributed by atoms with E-state index in [-0.39, 0.29) is 17.2 Å². The Balaban J connectivity index is 1.41. The molecule has 36 heavy (non-hydrogen) atoms. The number of sulfonamides is 1. The number of carbonyl (C=O) groups excluding carboxylic acids is 1. The van der Waals surface area contributed by atoms with Gasteiger partial charge in [-0.05, 0) is 72.9 Å². The van der Waals surface area contributed by atoms with E-state index in [1.165, 1.54) is 4.31 Å². The van der Waals surface area contributed by atoms with Crippen LogP contribution in [0.1, 0.15) is 30.4 Å². The summed E-state index contributed by atoms with van der Waals surface area (Å²) < 4.78 is 32.9. The number of methoxy groups -OCH3 is 1. The predicted molar refractivity (Wildman–Crippen MR) is 145 cm³/mol. The Morgan fingerprint density at radius 2 is 1.78 bits per heavy atom. The summed E-state index contributed by atoms with van der Waals surface area (Å²) in [6.07, 6.45) is 2.31. The second-order valence-corrected chi connectivity index (χ2v) is 11.9. The molecule has 1 saturated heterocycles. The topological polar surface area (TPSA) is 75.7 Å². The Labute approximate surface area is 222 Å². The largest absolute Gasteiger partial charge is 0.496 e. The van der Waals surface area contributed by atoms with Gasteiger partial charge < -0.3 is 10.1 Å². The van der Waals surface area contributed by atoms with Crippen LogP contribution in [0.25, 0.3) is 0 Å². The molecule has 6 nitrogen and oxygen atoms in total. The lowest BCUT2D eigenvalue weighted by Gasteiger charge is -2.17. The molecule has 0 unspecified atom stereocenters. The normalized spacial score (nSPS) is 14.1. The molecule has 9 heteroatoms. The number of rotatable bonds is 10. The van der Waals surface area contributed by atoms with Crippen LogP contribution in [0.5, 0.6) is 5.75 Å². The minimum atomic E-state index is -3.54. The summed E-state index contributed by atoms with van der Waals surface area (Å²) in [6, 6.07) is 20.3. The molecule has 0 radical (unpaired) electrons. The molecule has 3 aromatic rings. The van der Waals surface area contributed by atoms with Gasteiger partial charge in [0.05, 0.1) is 17.7 Å². The number of benzene rings is 3. The molecule has 1 fully saturated rings. The van der Waals surface area contributed by atoms with Crippen molar-refractivity contribution < 1.29 is 17.9 Å². The smallest absolute Gasteiger partial charge is 0.243 e. The number of aryl methyl sites for hydroxylation is 1. The van der Waals surface area contributed by atoms with Gasteiger partial charge in [0, 0.05) is 35.2 Å². The van der Waals surface area contributed by atoms with Crippen molar-refractivity contribution in [3.8, 4) is 5.75 Å². The van der Waals surface area contributed by atoms with Crippen molar-refractivity contribution in [1.82, 2.24) is 4.31 Å². The number of para-hydroxylation sites is 1. The van der Waals surface area contributed by atoms with Crippen molar-refractivity contribution in [3.63, 3.8) is 0 Å². The van der Waals surface area contributed by atoms with Gasteiger partial charge in [0.15, 0.2) is 0 Å². The van der Waals surface area contributed by atoms with Crippen LogP contribution in [0.2, 0.25) is 5.02 Å². The van der Waals surface area contributed by atoms with E-state index >= 15 is 0 Å². The van der Waals surface area contributed by atoms with Crippen molar-refractivity contribution >= 4 is 45.0 Å². The molecular weight excluding hydrogens is 516 g/mol. The Morgan fingerprint density at radius 3 is 2.50 bits per heavy atom. The molecule has 1 aliphatic rings. The number of nitrogens with zero attached hydrogens (tertiary/aromatic N) is 1. The highest BCUT2D eigenvalue weighted by Crippen LogP contribution is 2.31. The highest BCUT2D eigenvalue weighted by Gasteiger charge is 2.27. The van der Waals surface area contributed by atoms with Crippen molar-refractivity contribution in [1.29, 1.82) is 0 Å². The average molecular weight is 545 g/mol. The van der Waals surface area contributed by atoms with Gasteiger partial charge in [0.2, 0.25) is 15.9 Å². The number of nitrogens with one attached hydrogen (secondary N) is 1. The molecule has 0 bridgehead atoms. The van der Waals surface area contributed by atoms with Crippen molar-refractivity contribution in [2.24, 2.45) is 0 Å². The van der Waals surface area contributed by atoms with Gasteiger partial charge in [0.1, 0.15) is 5.75 Å². The SMILES string of the molecule is COc1ccc(S(=O)(=O)N2CCCC2)cc1CCC(=O)Nc1ccccc1SCc1ccc(Cl)cc1. The van der Waals surface area contributed by atoms with Crippen LogP contribution in [0.3, 0.4) is 0 Å². The lowest BCUT2D eigenvalue weighted by molar-refractivity contribution is -0.116. The number of carbonyl (C=O) groups is 1. The fourth-order valence-electron chi connectivity index (χ4n) is 4.09. The number of ether oxygens (including phenoxy) is 1. The third-order valence-corrected chi connectivity index (χ3v) is 9.34. The van der Waals surface area contributed by atoms with Crippen LogP contribution >= 0.6 is 23.4 Å². The Bertz CT molecular complexity index is 1310. The number of hydrogen-bond donors (Lipinski definition) is 1. The first-order chi connectivity index (χ1) is 17.4. The van der Waals surface area contributed by atoms with Gasteiger partial charge in [-0.2, -0.15) is 4.31 Å². The molecule has 0 spiro atoms. The minimum Gasteiger partial charge on any atom is -0.496 e. The first kappa shape index (κ1) is 26.5. The minimum absolute atomic E-state index is 0.149. The van der Waals surface area contributed by atoms with Crippen molar-refractivity contribution in [2.75, 3.05) is 25.5 Å². The summed E-state index contributed by atoms with van der Waals surface area (Å²) in [7, 11) is -2.00. The second kappa shape index (κ2) is 12.1. The summed E-state index contributed by atoms with van der Waals surface area (Å²) >= 11 is 7.61. The molecule has 1 aliphatic heterocycles. The number of anilines is 1. The highest BCUT2D eigenvalue weighted by molar-refractivity contribution is 7.98. The first-order valence-corrected chi connectivity index (χ1v) is 14.6. The maximum atomic E-state index is 13.0. The lowest BCUT2D eigenvalue weighted by atomic mass is 10.1. The zero-order valence-electron chi connectivity index (χ0n) is 20.1. The Kier molecular flexibility index (Phi) is 8.95. The second-order valence-electron chi connectivity index (χ2n) is 8.54. The molecule has 0 aromatic heterocycles. The molecular formula is C27H29ClN2O4S2. The molecule has 0 saturated carbocycles. The fraction of sp³-hybridized carbons (Fsp3) is 0.296. The summed E-state index contributed by atoms with van der Waals surface area (Å²) in [4.78, 5) is 14.0. The fourth-order valence-corrected chi connectivity index (χ4v) is 6.74. The zero-order valence-corrected chi connectivity index (χ0v) is 22.5. The van der Waals surface area contributed by atoms with Crippen molar-refractivity contribution in [2.45, 2.75) is 41.2 Å². The van der Waals surface area contributed by atoms with E-state index in [1.54, 1.807) is 37.1 Å². The number of thioether (sulfide) groups is 1. The molecule has 4 rings (SSSR count). The van der Waals surface area contributed by atoms with Gasteiger partial charge in [-0.25, -0.2) is 8.42 Å². The zero-order chi connectivity index (χ0) is 25.5. The Morgan fingerprint density at radius 1 is 1.06 bits per heavy atom.